The molecule has 4 nitrogen and oxygen atoms in total. The van der Waals surface area contributed by atoms with Crippen LogP contribution in [0.25, 0.3) is 0 Å². The van der Waals surface area contributed by atoms with E-state index in [1.165, 1.54) is 44.5 Å². The molecule has 1 atom stereocenters. The van der Waals surface area contributed by atoms with Gasteiger partial charge in [0, 0.05) is 32.4 Å². The van der Waals surface area contributed by atoms with Crippen LogP contribution in [0.2, 0.25) is 0 Å². The van der Waals surface area contributed by atoms with Gasteiger partial charge in [-0.25, -0.2) is 0 Å². The van der Waals surface area contributed by atoms with Gasteiger partial charge in [-0.3, -0.25) is 9.88 Å². The van der Waals surface area contributed by atoms with E-state index in [-0.39, 0.29) is 0 Å². The molecule has 2 aromatic rings. The molecule has 1 unspecified atom stereocenters. The van der Waals surface area contributed by atoms with Gasteiger partial charge in [0.2, 0.25) is 0 Å². The number of pyridine rings is 1. The summed E-state index contributed by atoms with van der Waals surface area (Å²) in [5, 5.41) is 0. The number of piperidine rings is 1. The van der Waals surface area contributed by atoms with Crippen molar-refractivity contribution in [2.45, 2.75) is 45.2 Å². The summed E-state index contributed by atoms with van der Waals surface area (Å²) in [5.41, 5.74) is 2.57. The minimum absolute atomic E-state index is 0.512. The fourth-order valence-electron chi connectivity index (χ4n) is 4.60. The van der Waals surface area contributed by atoms with Gasteiger partial charge in [0.1, 0.15) is 0 Å². The fraction of sp³-hybridized carbons (Fsp3) is 0.560. The lowest BCUT2D eigenvalue weighted by atomic mass is 9.84. The van der Waals surface area contributed by atoms with Crippen LogP contribution in [-0.4, -0.2) is 60.7 Å². The summed E-state index contributed by atoms with van der Waals surface area (Å²) in [5.74, 6) is 0.712. The second-order valence-corrected chi connectivity index (χ2v) is 8.22. The average Bonchev–Trinajstić information content (AvgIpc) is 2.77. The Morgan fingerprint density at radius 2 is 1.86 bits per heavy atom. The average molecular weight is 396 g/mol. The van der Waals surface area contributed by atoms with Crippen molar-refractivity contribution < 1.29 is 4.74 Å². The summed E-state index contributed by atoms with van der Waals surface area (Å²) in [7, 11) is 1.80. The molecule has 1 aliphatic heterocycles. The minimum atomic E-state index is 0.512. The predicted octanol–water partition coefficient (Wildman–Crippen LogP) is 4.26. The number of hydrogen-bond acceptors (Lipinski definition) is 4. The zero-order valence-corrected chi connectivity index (χ0v) is 18.2. The van der Waals surface area contributed by atoms with Crippen LogP contribution < -0.4 is 0 Å². The molecule has 0 spiro atoms. The Morgan fingerprint density at radius 1 is 1.10 bits per heavy atom. The van der Waals surface area contributed by atoms with Crippen LogP contribution in [0.5, 0.6) is 0 Å². The first-order chi connectivity index (χ1) is 14.3. The van der Waals surface area contributed by atoms with Gasteiger partial charge in [-0.2, -0.15) is 0 Å². The van der Waals surface area contributed by atoms with Crippen LogP contribution in [0.4, 0.5) is 0 Å². The molecule has 1 saturated heterocycles. The zero-order chi connectivity index (χ0) is 20.3. The van der Waals surface area contributed by atoms with Crippen LogP contribution in [0.15, 0.2) is 54.7 Å². The molecular weight excluding hydrogens is 358 g/mol. The summed E-state index contributed by atoms with van der Waals surface area (Å²) in [6.07, 6.45) is 6.80. The molecule has 0 radical (unpaired) electrons. The number of nitrogens with zero attached hydrogens (tertiary/aromatic N) is 3. The molecule has 0 saturated carbocycles. The molecule has 3 rings (SSSR count). The first-order valence-corrected chi connectivity index (χ1v) is 11.2. The normalized spacial score (nSPS) is 16.9. The Kier molecular flexibility index (Phi) is 9.13. The molecule has 2 heterocycles. The second kappa shape index (κ2) is 12.1. The molecule has 1 aromatic carbocycles. The summed E-state index contributed by atoms with van der Waals surface area (Å²) >= 11 is 0. The van der Waals surface area contributed by atoms with E-state index < -0.39 is 0 Å². The number of hydrogen-bond donors (Lipinski definition) is 0. The Hall–Kier alpha value is -1.75. The number of benzene rings is 1. The van der Waals surface area contributed by atoms with Gasteiger partial charge in [0.05, 0.1) is 12.3 Å². The predicted molar refractivity (Wildman–Crippen MR) is 120 cm³/mol. The van der Waals surface area contributed by atoms with Gasteiger partial charge < -0.3 is 9.64 Å². The van der Waals surface area contributed by atoms with E-state index in [1.807, 2.05) is 12.3 Å². The minimum Gasteiger partial charge on any atom is -0.383 e. The second-order valence-electron chi connectivity index (χ2n) is 8.22. The molecule has 0 N–H and O–H groups in total. The molecule has 158 valence electrons. The molecule has 29 heavy (non-hydrogen) atoms. The lowest BCUT2D eigenvalue weighted by Crippen LogP contribution is -2.47. The summed E-state index contributed by atoms with van der Waals surface area (Å²) in [4.78, 5) is 9.86. The lowest BCUT2D eigenvalue weighted by molar-refractivity contribution is 0.0579. The highest BCUT2D eigenvalue weighted by atomic mass is 16.5. The van der Waals surface area contributed by atoms with Gasteiger partial charge in [-0.1, -0.05) is 43.3 Å². The van der Waals surface area contributed by atoms with E-state index in [4.69, 9.17) is 4.74 Å². The van der Waals surface area contributed by atoms with Crippen molar-refractivity contribution in [1.29, 1.82) is 0 Å². The Balaban J connectivity index is 1.78. The molecular formula is C25H37N3O. The van der Waals surface area contributed by atoms with Crippen molar-refractivity contribution in [2.75, 3.05) is 39.9 Å². The molecule has 0 amide bonds. The van der Waals surface area contributed by atoms with Gasteiger partial charge in [0.15, 0.2) is 0 Å². The van der Waals surface area contributed by atoms with Crippen molar-refractivity contribution in [1.82, 2.24) is 14.8 Å². The van der Waals surface area contributed by atoms with Gasteiger partial charge in [-0.05, 0) is 68.9 Å². The van der Waals surface area contributed by atoms with Crippen LogP contribution in [0, 0.1) is 5.92 Å². The quantitative estimate of drug-likeness (QED) is 0.568. The standard InChI is InChI=1S/C25H37N3O/c1-3-15-27-16-12-23(13-17-27)25(20-22-9-5-4-6-10-22)28(18-19-29-2)21-24-11-7-8-14-26-24/h4-11,14,23,25H,3,12-13,15-21H2,1-2H3. The first kappa shape index (κ1) is 21.9. The topological polar surface area (TPSA) is 28.6 Å². The highest BCUT2D eigenvalue weighted by molar-refractivity contribution is 5.16. The van der Waals surface area contributed by atoms with Crippen molar-refractivity contribution in [3.63, 3.8) is 0 Å². The SMILES string of the molecule is CCCN1CCC(C(Cc2ccccc2)N(CCOC)Cc2ccccn2)CC1. The third kappa shape index (κ3) is 6.91. The maximum Gasteiger partial charge on any atom is 0.0589 e. The van der Waals surface area contributed by atoms with Crippen LogP contribution in [0.1, 0.15) is 37.4 Å². The van der Waals surface area contributed by atoms with E-state index in [1.54, 1.807) is 7.11 Å². The van der Waals surface area contributed by atoms with E-state index >= 15 is 0 Å². The summed E-state index contributed by atoms with van der Waals surface area (Å²) < 4.78 is 5.48. The maximum atomic E-state index is 5.48. The van der Waals surface area contributed by atoms with Gasteiger partial charge in [-0.15, -0.1) is 0 Å². The highest BCUT2D eigenvalue weighted by Crippen LogP contribution is 2.28. The van der Waals surface area contributed by atoms with Crippen LogP contribution >= 0.6 is 0 Å². The van der Waals surface area contributed by atoms with Crippen molar-refractivity contribution in [3.8, 4) is 0 Å². The Morgan fingerprint density at radius 3 is 2.52 bits per heavy atom. The van der Waals surface area contributed by atoms with Crippen molar-refractivity contribution in [2.24, 2.45) is 5.92 Å². The lowest BCUT2D eigenvalue weighted by Gasteiger charge is -2.41. The molecule has 4 heteroatoms. The number of ether oxygens (including phenoxy) is 1. The molecule has 1 fully saturated rings. The molecule has 1 aromatic heterocycles. The number of likely N-dealkylation sites (tertiary alicyclic amines) is 1. The largest absolute Gasteiger partial charge is 0.383 e. The van der Waals surface area contributed by atoms with Crippen LogP contribution in [0.3, 0.4) is 0 Å². The van der Waals surface area contributed by atoms with E-state index in [9.17, 15) is 0 Å². The Labute approximate surface area is 176 Å². The summed E-state index contributed by atoms with van der Waals surface area (Å²) in [6.45, 7) is 8.56. The smallest absolute Gasteiger partial charge is 0.0589 e. The maximum absolute atomic E-state index is 5.48. The number of aromatic nitrogens is 1. The molecule has 1 aliphatic rings. The van der Waals surface area contributed by atoms with Crippen LogP contribution in [-0.2, 0) is 17.7 Å². The van der Waals surface area contributed by atoms with Gasteiger partial charge in [0.25, 0.3) is 0 Å². The Bertz CT molecular complexity index is 671. The van der Waals surface area contributed by atoms with Crippen molar-refractivity contribution in [3.05, 3.63) is 66.0 Å². The fourth-order valence-corrected chi connectivity index (χ4v) is 4.60. The van der Waals surface area contributed by atoms with Gasteiger partial charge >= 0.3 is 0 Å². The number of methoxy groups -OCH3 is 1. The summed E-state index contributed by atoms with van der Waals surface area (Å²) in [6, 6.07) is 17.7. The highest BCUT2D eigenvalue weighted by Gasteiger charge is 2.31. The van der Waals surface area contributed by atoms with E-state index in [2.05, 4.69) is 64.2 Å². The zero-order valence-electron chi connectivity index (χ0n) is 18.2. The first-order valence-electron chi connectivity index (χ1n) is 11.2. The van der Waals surface area contributed by atoms with E-state index in [0.29, 0.717) is 12.0 Å². The number of rotatable bonds is 11. The third-order valence-electron chi connectivity index (χ3n) is 6.15. The monoisotopic (exact) mass is 395 g/mol. The molecule has 0 aliphatic carbocycles. The van der Waals surface area contributed by atoms with Crippen molar-refractivity contribution >= 4 is 0 Å². The van der Waals surface area contributed by atoms with E-state index in [0.717, 1.165) is 31.8 Å². The molecule has 0 bridgehead atoms. The third-order valence-corrected chi connectivity index (χ3v) is 6.15.